The standard InChI is InChI=1S/C18H26N4O4/c1-21(2)7-8-22-14-11-13(3-4-15(14)26-18(22)24)20-17(23)16(19)12-5-9-25-10-6-12/h3-4,11-12,16H,5-10,19H2,1-2H3,(H,20,23). The van der Waals surface area contributed by atoms with E-state index in [1.807, 2.05) is 19.0 Å². The SMILES string of the molecule is CN(C)CCn1c(=O)oc2ccc(NC(=O)C(N)C3CCOCC3)cc21. The molecule has 1 unspecified atom stereocenters. The molecule has 142 valence electrons. The van der Waals surface area contributed by atoms with Crippen molar-refractivity contribution in [2.24, 2.45) is 11.7 Å². The van der Waals surface area contributed by atoms with Gasteiger partial charge in [0.15, 0.2) is 5.58 Å². The van der Waals surface area contributed by atoms with E-state index in [0.29, 0.717) is 43.1 Å². The molecule has 1 aliphatic heterocycles. The summed E-state index contributed by atoms with van der Waals surface area (Å²) in [6.07, 6.45) is 1.58. The molecule has 1 aromatic heterocycles. The second-order valence-corrected chi connectivity index (χ2v) is 6.97. The summed E-state index contributed by atoms with van der Waals surface area (Å²) in [5.41, 5.74) is 7.88. The molecule has 0 saturated carbocycles. The molecule has 0 spiro atoms. The van der Waals surface area contributed by atoms with E-state index < -0.39 is 11.8 Å². The molecule has 1 saturated heterocycles. The van der Waals surface area contributed by atoms with Gasteiger partial charge < -0.3 is 25.1 Å². The van der Waals surface area contributed by atoms with Crippen molar-refractivity contribution >= 4 is 22.7 Å². The van der Waals surface area contributed by atoms with E-state index in [-0.39, 0.29) is 11.8 Å². The molecule has 0 aliphatic carbocycles. The fraction of sp³-hybridized carbons (Fsp3) is 0.556. The zero-order chi connectivity index (χ0) is 18.7. The van der Waals surface area contributed by atoms with Gasteiger partial charge in [-0.2, -0.15) is 0 Å². The average molecular weight is 362 g/mol. The number of nitrogens with zero attached hydrogens (tertiary/aromatic N) is 2. The predicted molar refractivity (Wildman–Crippen MR) is 99.2 cm³/mol. The third kappa shape index (κ3) is 4.14. The molecule has 3 rings (SSSR count). The molecule has 8 nitrogen and oxygen atoms in total. The first-order chi connectivity index (χ1) is 12.5. The predicted octanol–water partition coefficient (Wildman–Crippen LogP) is 0.849. The van der Waals surface area contributed by atoms with Crippen LogP contribution in [-0.4, -0.2) is 55.3 Å². The van der Waals surface area contributed by atoms with Crippen LogP contribution in [0.5, 0.6) is 0 Å². The van der Waals surface area contributed by atoms with E-state index in [9.17, 15) is 9.59 Å². The second-order valence-electron chi connectivity index (χ2n) is 6.97. The number of hydrogen-bond acceptors (Lipinski definition) is 6. The average Bonchev–Trinajstić information content (AvgIpc) is 2.94. The summed E-state index contributed by atoms with van der Waals surface area (Å²) in [6, 6.07) is 4.59. The van der Waals surface area contributed by atoms with Gasteiger partial charge in [-0.1, -0.05) is 0 Å². The number of ether oxygens (including phenoxy) is 1. The molecule has 26 heavy (non-hydrogen) atoms. The van der Waals surface area contributed by atoms with Crippen LogP contribution in [0.2, 0.25) is 0 Å². The maximum atomic E-state index is 12.5. The first kappa shape index (κ1) is 18.6. The molecule has 1 fully saturated rings. The number of nitrogens with one attached hydrogen (secondary N) is 1. The number of hydrogen-bond donors (Lipinski definition) is 2. The summed E-state index contributed by atoms with van der Waals surface area (Å²) in [4.78, 5) is 26.5. The molecule has 1 aromatic carbocycles. The van der Waals surface area contributed by atoms with E-state index >= 15 is 0 Å². The van der Waals surface area contributed by atoms with Gasteiger partial charge >= 0.3 is 5.76 Å². The monoisotopic (exact) mass is 362 g/mol. The maximum Gasteiger partial charge on any atom is 0.419 e. The molecule has 2 heterocycles. The van der Waals surface area contributed by atoms with Gasteiger partial charge in [-0.15, -0.1) is 0 Å². The van der Waals surface area contributed by atoms with Crippen LogP contribution < -0.4 is 16.8 Å². The van der Waals surface area contributed by atoms with Crippen molar-refractivity contribution in [3.05, 3.63) is 28.7 Å². The van der Waals surface area contributed by atoms with Gasteiger partial charge in [0.2, 0.25) is 5.91 Å². The topological polar surface area (TPSA) is 103 Å². The highest BCUT2D eigenvalue weighted by atomic mass is 16.5. The van der Waals surface area contributed by atoms with E-state index in [1.54, 1.807) is 22.8 Å². The maximum absolute atomic E-state index is 12.5. The number of nitrogens with two attached hydrogens (primary N) is 1. The summed E-state index contributed by atoms with van der Waals surface area (Å²) < 4.78 is 12.2. The summed E-state index contributed by atoms with van der Waals surface area (Å²) in [6.45, 7) is 2.51. The lowest BCUT2D eigenvalue weighted by Gasteiger charge is -2.26. The van der Waals surface area contributed by atoms with Gasteiger partial charge in [-0.25, -0.2) is 4.79 Å². The Kier molecular flexibility index (Phi) is 5.75. The Morgan fingerprint density at radius 3 is 2.81 bits per heavy atom. The number of carbonyl (C=O) groups is 1. The number of benzene rings is 1. The van der Waals surface area contributed by atoms with Gasteiger partial charge in [0, 0.05) is 32.0 Å². The summed E-state index contributed by atoms with van der Waals surface area (Å²) in [7, 11) is 3.88. The molecular formula is C18H26N4O4. The third-order valence-corrected chi connectivity index (χ3v) is 4.78. The van der Waals surface area contributed by atoms with Crippen LogP contribution in [0.3, 0.4) is 0 Å². The number of likely N-dealkylation sites (N-methyl/N-ethyl adjacent to an activating group) is 1. The Morgan fingerprint density at radius 2 is 2.12 bits per heavy atom. The van der Waals surface area contributed by atoms with E-state index in [1.165, 1.54) is 0 Å². The quantitative estimate of drug-likeness (QED) is 0.790. The van der Waals surface area contributed by atoms with E-state index in [2.05, 4.69) is 5.32 Å². The molecule has 1 amide bonds. The second kappa shape index (κ2) is 8.03. The van der Waals surface area contributed by atoms with Crippen LogP contribution in [0.15, 0.2) is 27.4 Å². The van der Waals surface area contributed by atoms with Gasteiger partial charge in [-0.05, 0) is 51.1 Å². The minimum atomic E-state index is -0.574. The number of carbonyl (C=O) groups excluding carboxylic acids is 1. The molecule has 0 bridgehead atoms. The van der Waals surface area contributed by atoms with Gasteiger partial charge in [0.05, 0.1) is 11.6 Å². The van der Waals surface area contributed by atoms with Crippen molar-refractivity contribution < 1.29 is 13.9 Å². The summed E-state index contributed by atoms with van der Waals surface area (Å²) in [5, 5.41) is 2.86. The first-order valence-corrected chi connectivity index (χ1v) is 8.88. The highest BCUT2D eigenvalue weighted by Gasteiger charge is 2.26. The van der Waals surface area contributed by atoms with Crippen LogP contribution in [-0.2, 0) is 16.1 Å². The van der Waals surface area contributed by atoms with Crippen LogP contribution in [0.4, 0.5) is 5.69 Å². The van der Waals surface area contributed by atoms with Gasteiger partial charge in [0.25, 0.3) is 0 Å². The number of rotatable bonds is 6. The molecular weight excluding hydrogens is 336 g/mol. The number of oxazole rings is 1. The van der Waals surface area contributed by atoms with Gasteiger partial charge in [0.1, 0.15) is 0 Å². The van der Waals surface area contributed by atoms with Crippen LogP contribution in [0.25, 0.3) is 11.1 Å². The van der Waals surface area contributed by atoms with Crippen molar-refractivity contribution in [2.45, 2.75) is 25.4 Å². The summed E-state index contributed by atoms with van der Waals surface area (Å²) in [5.74, 6) is -0.495. The number of fused-ring (bicyclic) bond motifs is 1. The zero-order valence-corrected chi connectivity index (χ0v) is 15.2. The largest absolute Gasteiger partial charge is 0.419 e. The number of aromatic nitrogens is 1. The number of amides is 1. The van der Waals surface area contributed by atoms with Gasteiger partial charge in [-0.3, -0.25) is 9.36 Å². The van der Waals surface area contributed by atoms with Crippen LogP contribution in [0.1, 0.15) is 12.8 Å². The highest BCUT2D eigenvalue weighted by molar-refractivity contribution is 5.96. The fourth-order valence-electron chi connectivity index (χ4n) is 3.17. The van der Waals surface area contributed by atoms with Crippen molar-refractivity contribution in [3.8, 4) is 0 Å². The third-order valence-electron chi connectivity index (χ3n) is 4.78. The van der Waals surface area contributed by atoms with Crippen molar-refractivity contribution in [1.29, 1.82) is 0 Å². The molecule has 1 aliphatic rings. The molecule has 0 radical (unpaired) electrons. The molecule has 1 atom stereocenters. The van der Waals surface area contributed by atoms with Crippen molar-refractivity contribution in [1.82, 2.24) is 9.47 Å². The highest BCUT2D eigenvalue weighted by Crippen LogP contribution is 2.21. The van der Waals surface area contributed by atoms with Crippen molar-refractivity contribution in [2.75, 3.05) is 39.2 Å². The lowest BCUT2D eigenvalue weighted by molar-refractivity contribution is -0.119. The number of anilines is 1. The molecule has 8 heteroatoms. The normalized spacial score (nSPS) is 16.9. The Hall–Kier alpha value is -2.16. The molecule has 3 N–H and O–H groups in total. The van der Waals surface area contributed by atoms with Crippen LogP contribution >= 0.6 is 0 Å². The summed E-state index contributed by atoms with van der Waals surface area (Å²) >= 11 is 0. The van der Waals surface area contributed by atoms with Crippen molar-refractivity contribution in [3.63, 3.8) is 0 Å². The van der Waals surface area contributed by atoms with E-state index in [0.717, 1.165) is 12.8 Å². The smallest absolute Gasteiger partial charge is 0.408 e. The zero-order valence-electron chi connectivity index (χ0n) is 15.2. The Labute approximate surface area is 151 Å². The lowest BCUT2D eigenvalue weighted by Crippen LogP contribution is -2.44. The molecule has 2 aromatic rings. The first-order valence-electron chi connectivity index (χ1n) is 8.88. The fourth-order valence-corrected chi connectivity index (χ4v) is 3.17. The lowest BCUT2D eigenvalue weighted by atomic mass is 9.92. The van der Waals surface area contributed by atoms with E-state index in [4.69, 9.17) is 14.9 Å². The minimum Gasteiger partial charge on any atom is -0.408 e. The Morgan fingerprint density at radius 1 is 1.38 bits per heavy atom. The minimum absolute atomic E-state index is 0.125. The Bertz CT molecular complexity index is 820. The Balaban J connectivity index is 1.76. The van der Waals surface area contributed by atoms with Crippen LogP contribution in [0, 0.1) is 5.92 Å².